The van der Waals surface area contributed by atoms with E-state index in [4.69, 9.17) is 0 Å². The maximum absolute atomic E-state index is 11.9. The highest BCUT2D eigenvalue weighted by molar-refractivity contribution is 5.85. The molecule has 1 rings (SSSR count). The summed E-state index contributed by atoms with van der Waals surface area (Å²) in [7, 11) is 0. The highest BCUT2D eigenvalue weighted by atomic mass is 16.4. The molecule has 0 aliphatic rings. The van der Waals surface area contributed by atoms with Crippen LogP contribution in [-0.4, -0.2) is 22.1 Å². The number of phenolic OH excluding ortho intramolecular Hbond substituents is 1. The fraction of sp³-hybridized carbons (Fsp3) is 0.176. The highest BCUT2D eigenvalue weighted by Crippen LogP contribution is 2.24. The summed E-state index contributed by atoms with van der Waals surface area (Å²) in [5, 5.41) is 21.3. The number of carbonyl (C=O) groups excluding carboxylic acids is 1. The molecule has 0 fully saturated rings. The summed E-state index contributed by atoms with van der Waals surface area (Å²) in [6, 6.07) is 4.72. The van der Waals surface area contributed by atoms with Crippen LogP contribution in [0.2, 0.25) is 0 Å². The van der Waals surface area contributed by atoms with Gasteiger partial charge < -0.3 is 15.5 Å². The minimum atomic E-state index is -1.29. The third kappa shape index (κ3) is 5.28. The van der Waals surface area contributed by atoms with Gasteiger partial charge in [0.25, 0.3) is 0 Å². The number of aromatic hydroxyl groups is 1. The summed E-state index contributed by atoms with van der Waals surface area (Å²) < 4.78 is 0. The van der Waals surface area contributed by atoms with Crippen molar-refractivity contribution in [3.8, 4) is 5.75 Å². The van der Waals surface area contributed by atoms with Crippen LogP contribution in [0.5, 0.6) is 5.75 Å². The second-order valence-corrected chi connectivity index (χ2v) is 4.65. The van der Waals surface area contributed by atoms with Crippen LogP contribution in [0.1, 0.15) is 24.4 Å². The largest absolute Gasteiger partial charge is 0.508 e. The Morgan fingerprint density at radius 3 is 2.55 bits per heavy atom. The zero-order valence-corrected chi connectivity index (χ0v) is 12.2. The lowest BCUT2D eigenvalue weighted by molar-refractivity contribution is -0.142. The number of hydrogen-bond acceptors (Lipinski definition) is 3. The van der Waals surface area contributed by atoms with Gasteiger partial charge in [0.1, 0.15) is 5.75 Å². The van der Waals surface area contributed by atoms with Gasteiger partial charge in [0.15, 0.2) is 6.04 Å². The van der Waals surface area contributed by atoms with Crippen molar-refractivity contribution in [2.45, 2.75) is 18.9 Å². The number of allylic oxidation sites excluding steroid dienone is 4. The Morgan fingerprint density at radius 1 is 1.27 bits per heavy atom. The van der Waals surface area contributed by atoms with Gasteiger partial charge in [-0.25, -0.2) is 4.79 Å². The molecule has 1 amide bonds. The van der Waals surface area contributed by atoms with E-state index in [-0.39, 0.29) is 17.7 Å². The molecule has 116 valence electrons. The van der Waals surface area contributed by atoms with Gasteiger partial charge in [0.2, 0.25) is 5.91 Å². The lowest BCUT2D eigenvalue weighted by Crippen LogP contribution is -2.33. The summed E-state index contributed by atoms with van der Waals surface area (Å²) in [5.41, 5.74) is 0.887. The van der Waals surface area contributed by atoms with Crippen molar-refractivity contribution in [2.24, 2.45) is 0 Å². The van der Waals surface area contributed by atoms with Crippen molar-refractivity contribution in [1.29, 1.82) is 0 Å². The van der Waals surface area contributed by atoms with Gasteiger partial charge in [-0.15, -0.1) is 0 Å². The van der Waals surface area contributed by atoms with Crippen molar-refractivity contribution >= 4 is 11.9 Å². The minimum absolute atomic E-state index is 0.109. The molecule has 5 heteroatoms. The lowest BCUT2D eigenvalue weighted by Gasteiger charge is -2.16. The van der Waals surface area contributed by atoms with E-state index in [1.54, 1.807) is 30.4 Å². The number of nitrogens with one attached hydrogen (secondary N) is 1. The number of aliphatic carboxylic acids is 1. The zero-order valence-electron chi connectivity index (χ0n) is 12.2. The van der Waals surface area contributed by atoms with E-state index >= 15 is 0 Å². The van der Waals surface area contributed by atoms with Crippen molar-refractivity contribution in [3.63, 3.8) is 0 Å². The molecule has 1 unspecified atom stereocenters. The fourth-order valence-corrected chi connectivity index (χ4v) is 1.80. The van der Waals surface area contributed by atoms with E-state index in [0.717, 1.165) is 5.57 Å². The Bertz CT molecular complexity index is 604. The SMILES string of the molecule is C=C/C=C\C(=C)CCC(=O)NC(C(=O)O)c1ccccc1O. The van der Waals surface area contributed by atoms with Crippen LogP contribution in [0.15, 0.2) is 61.2 Å². The molecular formula is C17H19NO4. The quantitative estimate of drug-likeness (QED) is 0.644. The Labute approximate surface area is 129 Å². The number of amides is 1. The summed E-state index contributed by atoms with van der Waals surface area (Å²) in [6.45, 7) is 7.31. The average molecular weight is 301 g/mol. The summed E-state index contributed by atoms with van der Waals surface area (Å²) in [6.07, 6.45) is 5.56. The van der Waals surface area contributed by atoms with E-state index in [0.29, 0.717) is 6.42 Å². The van der Waals surface area contributed by atoms with E-state index in [9.17, 15) is 19.8 Å². The van der Waals surface area contributed by atoms with Gasteiger partial charge in [0, 0.05) is 12.0 Å². The number of rotatable bonds is 8. The standard InChI is InChI=1S/C17H19NO4/c1-3-4-7-12(2)10-11-15(20)18-16(17(21)22)13-8-5-6-9-14(13)19/h3-9,16,19H,1-2,10-11H2,(H,18,20)(H,21,22)/b7-4-. The van der Waals surface area contributed by atoms with Gasteiger partial charge in [-0.1, -0.05) is 55.2 Å². The van der Waals surface area contributed by atoms with E-state index in [1.807, 2.05) is 0 Å². The third-order valence-corrected chi connectivity index (χ3v) is 2.94. The maximum atomic E-state index is 11.9. The third-order valence-electron chi connectivity index (χ3n) is 2.94. The molecule has 0 bridgehead atoms. The molecular weight excluding hydrogens is 282 g/mol. The van der Waals surface area contributed by atoms with Crippen LogP contribution < -0.4 is 5.32 Å². The molecule has 0 saturated heterocycles. The van der Waals surface area contributed by atoms with Gasteiger partial charge in [-0.3, -0.25) is 4.79 Å². The van der Waals surface area contributed by atoms with Gasteiger partial charge in [-0.05, 0) is 12.5 Å². The minimum Gasteiger partial charge on any atom is -0.508 e. The lowest BCUT2D eigenvalue weighted by atomic mass is 10.0. The molecule has 0 saturated carbocycles. The van der Waals surface area contributed by atoms with Crippen molar-refractivity contribution in [1.82, 2.24) is 5.32 Å². The van der Waals surface area contributed by atoms with Crippen LogP contribution in [0.3, 0.4) is 0 Å². The van der Waals surface area contributed by atoms with Crippen molar-refractivity contribution in [2.75, 3.05) is 0 Å². The molecule has 0 aromatic heterocycles. The monoisotopic (exact) mass is 301 g/mol. The number of benzene rings is 1. The molecule has 3 N–H and O–H groups in total. The molecule has 0 spiro atoms. The van der Waals surface area contributed by atoms with Crippen LogP contribution in [0.25, 0.3) is 0 Å². The summed E-state index contributed by atoms with van der Waals surface area (Å²) in [5.74, 6) is -1.84. The Morgan fingerprint density at radius 2 is 1.95 bits per heavy atom. The highest BCUT2D eigenvalue weighted by Gasteiger charge is 2.24. The van der Waals surface area contributed by atoms with Crippen LogP contribution >= 0.6 is 0 Å². The molecule has 5 nitrogen and oxygen atoms in total. The fourth-order valence-electron chi connectivity index (χ4n) is 1.80. The Kier molecular flexibility index (Phi) is 6.63. The smallest absolute Gasteiger partial charge is 0.331 e. The molecule has 1 atom stereocenters. The summed E-state index contributed by atoms with van der Waals surface area (Å²) in [4.78, 5) is 23.2. The number of hydrogen-bond donors (Lipinski definition) is 3. The average Bonchev–Trinajstić information content (AvgIpc) is 2.49. The van der Waals surface area contributed by atoms with Crippen molar-refractivity contribution < 1.29 is 19.8 Å². The van der Waals surface area contributed by atoms with Gasteiger partial charge in [0.05, 0.1) is 0 Å². The molecule has 0 aliphatic heterocycles. The first-order valence-corrected chi connectivity index (χ1v) is 6.72. The normalized spacial score (nSPS) is 11.8. The summed E-state index contributed by atoms with van der Waals surface area (Å²) >= 11 is 0. The number of carboxylic acid groups (broad SMARTS) is 1. The molecule has 1 aromatic carbocycles. The van der Waals surface area contributed by atoms with Crippen LogP contribution in [0.4, 0.5) is 0 Å². The first-order valence-electron chi connectivity index (χ1n) is 6.72. The van der Waals surface area contributed by atoms with Crippen LogP contribution in [-0.2, 0) is 9.59 Å². The molecule has 1 aromatic rings. The first kappa shape index (κ1) is 17.2. The topological polar surface area (TPSA) is 86.6 Å². The Balaban J connectivity index is 2.68. The maximum Gasteiger partial charge on any atom is 0.331 e. The number of phenols is 1. The molecule has 22 heavy (non-hydrogen) atoms. The second kappa shape index (κ2) is 8.46. The second-order valence-electron chi connectivity index (χ2n) is 4.65. The van der Waals surface area contributed by atoms with Crippen molar-refractivity contribution in [3.05, 3.63) is 66.8 Å². The molecule has 0 radical (unpaired) electrons. The predicted octanol–water partition coefficient (Wildman–Crippen LogP) is 2.71. The Hall–Kier alpha value is -2.82. The van der Waals surface area contributed by atoms with E-state index in [1.165, 1.54) is 12.1 Å². The van der Waals surface area contributed by atoms with Gasteiger partial charge >= 0.3 is 5.97 Å². The molecule has 0 aliphatic carbocycles. The van der Waals surface area contributed by atoms with E-state index < -0.39 is 17.9 Å². The van der Waals surface area contributed by atoms with Gasteiger partial charge in [-0.2, -0.15) is 0 Å². The zero-order chi connectivity index (χ0) is 16.5. The number of carboxylic acids is 1. The molecule has 0 heterocycles. The van der Waals surface area contributed by atoms with Crippen LogP contribution in [0, 0.1) is 0 Å². The van der Waals surface area contributed by atoms with E-state index in [2.05, 4.69) is 18.5 Å². The first-order chi connectivity index (χ1) is 10.5. The number of para-hydroxylation sites is 1. The predicted molar refractivity (Wildman–Crippen MR) is 84.3 cm³/mol. The number of carbonyl (C=O) groups is 2.